The number of aliphatic carboxylic acids is 1. The van der Waals surface area contributed by atoms with Crippen LogP contribution in [0.25, 0.3) is 0 Å². The van der Waals surface area contributed by atoms with Crippen molar-refractivity contribution in [2.45, 2.75) is 4.90 Å². The molecule has 1 aromatic rings. The Hall–Kier alpha value is -1.16. The van der Waals surface area contributed by atoms with Crippen LogP contribution in [-0.4, -0.2) is 46.4 Å². The van der Waals surface area contributed by atoms with Gasteiger partial charge in [-0.1, -0.05) is 0 Å². The van der Waals surface area contributed by atoms with Crippen LogP contribution in [0.4, 0.5) is 0 Å². The molecule has 0 atom stereocenters. The molecule has 1 rings (SSSR count). The zero-order valence-electron chi connectivity index (χ0n) is 10.6. The monoisotopic (exact) mass is 367 g/mol. The molecule has 0 saturated heterocycles. The molecule has 1 aromatic carbocycles. The van der Waals surface area contributed by atoms with Gasteiger partial charge in [-0.3, -0.25) is 0 Å². The number of rotatable bonds is 8. The van der Waals surface area contributed by atoms with E-state index in [1.165, 1.54) is 25.3 Å². The highest BCUT2D eigenvalue weighted by atomic mass is 79.9. The zero-order valence-corrected chi connectivity index (χ0v) is 13.0. The maximum atomic E-state index is 11.9. The number of carbonyl (C=O) groups is 1. The molecule has 20 heavy (non-hydrogen) atoms. The van der Waals surface area contributed by atoms with Crippen molar-refractivity contribution < 1.29 is 27.8 Å². The van der Waals surface area contributed by atoms with Crippen molar-refractivity contribution in [3.05, 3.63) is 22.7 Å². The van der Waals surface area contributed by atoms with Gasteiger partial charge in [-0.2, -0.15) is 0 Å². The molecule has 0 saturated carbocycles. The zero-order chi connectivity index (χ0) is 15.2. The largest absolute Gasteiger partial charge is 0.496 e. The van der Waals surface area contributed by atoms with Crippen LogP contribution >= 0.6 is 15.9 Å². The Labute approximate surface area is 125 Å². The number of benzene rings is 1. The summed E-state index contributed by atoms with van der Waals surface area (Å²) in [6.45, 7) is -0.502. The highest BCUT2D eigenvalue weighted by Gasteiger charge is 2.15. The summed E-state index contributed by atoms with van der Waals surface area (Å²) in [7, 11) is -2.19. The molecule has 2 N–H and O–H groups in total. The fourth-order valence-electron chi connectivity index (χ4n) is 1.31. The second-order valence-corrected chi connectivity index (χ2v) is 6.26. The van der Waals surface area contributed by atoms with E-state index in [1.807, 2.05) is 0 Å². The topological polar surface area (TPSA) is 102 Å². The third kappa shape index (κ3) is 5.08. The highest BCUT2D eigenvalue weighted by Crippen LogP contribution is 2.27. The van der Waals surface area contributed by atoms with Gasteiger partial charge in [0.2, 0.25) is 10.0 Å². The molecule has 0 aliphatic heterocycles. The molecule has 0 fully saturated rings. The Kier molecular flexibility index (Phi) is 6.40. The van der Waals surface area contributed by atoms with Crippen LogP contribution in [0.15, 0.2) is 27.6 Å². The van der Waals surface area contributed by atoms with Crippen LogP contribution in [0.2, 0.25) is 0 Å². The summed E-state index contributed by atoms with van der Waals surface area (Å²) < 4.78 is 36.4. The lowest BCUT2D eigenvalue weighted by atomic mass is 10.3. The van der Waals surface area contributed by atoms with Gasteiger partial charge in [0.15, 0.2) is 0 Å². The molecule has 7 nitrogen and oxygen atoms in total. The molecular weight excluding hydrogens is 354 g/mol. The first-order chi connectivity index (χ1) is 9.36. The standard InChI is InChI=1S/C11H14BrNO6S/c1-18-10-3-2-8(6-9(10)12)20(16,17)13-4-5-19-7-11(14)15/h2-3,6,13H,4-5,7H2,1H3,(H,14,15). The molecule has 0 amide bonds. The van der Waals surface area contributed by atoms with Crippen LogP contribution < -0.4 is 9.46 Å². The van der Waals surface area contributed by atoms with E-state index in [1.54, 1.807) is 0 Å². The second-order valence-electron chi connectivity index (χ2n) is 3.64. The number of hydrogen-bond donors (Lipinski definition) is 2. The minimum Gasteiger partial charge on any atom is -0.496 e. The van der Waals surface area contributed by atoms with E-state index < -0.39 is 22.6 Å². The summed E-state index contributed by atoms with van der Waals surface area (Å²) in [5, 5.41) is 8.35. The number of carboxylic acids is 1. The van der Waals surface area contributed by atoms with Crippen molar-refractivity contribution in [2.24, 2.45) is 0 Å². The lowest BCUT2D eigenvalue weighted by Crippen LogP contribution is -2.28. The van der Waals surface area contributed by atoms with E-state index in [0.29, 0.717) is 10.2 Å². The molecular formula is C11H14BrNO6S. The Morgan fingerprint density at radius 3 is 2.70 bits per heavy atom. The lowest BCUT2D eigenvalue weighted by Gasteiger charge is -2.09. The minimum absolute atomic E-state index is 0.0146. The van der Waals surface area contributed by atoms with E-state index in [-0.39, 0.29) is 18.0 Å². The van der Waals surface area contributed by atoms with E-state index in [9.17, 15) is 13.2 Å². The van der Waals surface area contributed by atoms with E-state index in [0.717, 1.165) is 0 Å². The lowest BCUT2D eigenvalue weighted by molar-refractivity contribution is -0.142. The van der Waals surface area contributed by atoms with Crippen molar-refractivity contribution in [2.75, 3.05) is 26.9 Å². The van der Waals surface area contributed by atoms with E-state index in [4.69, 9.17) is 14.6 Å². The molecule has 0 aromatic heterocycles. The van der Waals surface area contributed by atoms with Gasteiger partial charge < -0.3 is 14.6 Å². The van der Waals surface area contributed by atoms with Gasteiger partial charge in [0.1, 0.15) is 12.4 Å². The van der Waals surface area contributed by atoms with Crippen LogP contribution in [0.1, 0.15) is 0 Å². The molecule has 0 unspecified atom stereocenters. The average Bonchev–Trinajstić information content (AvgIpc) is 2.37. The average molecular weight is 368 g/mol. The smallest absolute Gasteiger partial charge is 0.329 e. The van der Waals surface area contributed by atoms with Crippen LogP contribution in [-0.2, 0) is 19.6 Å². The van der Waals surface area contributed by atoms with Gasteiger partial charge in [0.05, 0.1) is 23.1 Å². The van der Waals surface area contributed by atoms with Gasteiger partial charge in [-0.15, -0.1) is 0 Å². The highest BCUT2D eigenvalue weighted by molar-refractivity contribution is 9.10. The van der Waals surface area contributed by atoms with Gasteiger partial charge >= 0.3 is 5.97 Å². The number of carboxylic acid groups (broad SMARTS) is 1. The van der Waals surface area contributed by atoms with Crippen LogP contribution in [0.3, 0.4) is 0 Å². The SMILES string of the molecule is COc1ccc(S(=O)(=O)NCCOCC(=O)O)cc1Br. The Bertz CT molecular complexity index is 574. The molecule has 0 spiro atoms. The van der Waals surface area contributed by atoms with Gasteiger partial charge in [-0.05, 0) is 34.1 Å². The van der Waals surface area contributed by atoms with Gasteiger partial charge in [0, 0.05) is 6.54 Å². The second kappa shape index (κ2) is 7.58. The first kappa shape index (κ1) is 16.9. The summed E-state index contributed by atoms with van der Waals surface area (Å²) in [5.41, 5.74) is 0. The maximum Gasteiger partial charge on any atom is 0.329 e. The first-order valence-electron chi connectivity index (χ1n) is 5.49. The fourth-order valence-corrected chi connectivity index (χ4v) is 3.04. The summed E-state index contributed by atoms with van der Waals surface area (Å²) in [4.78, 5) is 10.3. The molecule has 0 radical (unpaired) electrons. The molecule has 0 heterocycles. The van der Waals surface area contributed by atoms with Crippen molar-refractivity contribution in [1.29, 1.82) is 0 Å². The third-order valence-electron chi connectivity index (χ3n) is 2.20. The number of sulfonamides is 1. The number of nitrogens with one attached hydrogen (secondary N) is 1. The predicted molar refractivity (Wildman–Crippen MR) is 74.3 cm³/mol. The molecule has 9 heteroatoms. The van der Waals surface area contributed by atoms with E-state index >= 15 is 0 Å². The number of ether oxygens (including phenoxy) is 2. The van der Waals surface area contributed by atoms with Gasteiger partial charge in [0.25, 0.3) is 0 Å². The number of methoxy groups -OCH3 is 1. The fraction of sp³-hybridized carbons (Fsp3) is 0.364. The maximum absolute atomic E-state index is 11.9. The van der Waals surface area contributed by atoms with Crippen molar-refractivity contribution in [1.82, 2.24) is 4.72 Å². The summed E-state index contributed by atoms with van der Waals surface area (Å²) in [5.74, 6) is -0.583. The molecule has 0 bridgehead atoms. The third-order valence-corrected chi connectivity index (χ3v) is 4.28. The van der Waals surface area contributed by atoms with Crippen LogP contribution in [0, 0.1) is 0 Å². The van der Waals surface area contributed by atoms with Gasteiger partial charge in [-0.25, -0.2) is 17.9 Å². The Morgan fingerprint density at radius 2 is 2.15 bits per heavy atom. The molecule has 0 aliphatic rings. The molecule has 0 aliphatic carbocycles. The molecule has 112 valence electrons. The van der Waals surface area contributed by atoms with Crippen LogP contribution in [0.5, 0.6) is 5.75 Å². The number of halogens is 1. The predicted octanol–water partition coefficient (Wildman–Crippen LogP) is 0.837. The van der Waals surface area contributed by atoms with Crippen molar-refractivity contribution in [3.8, 4) is 5.75 Å². The summed E-state index contributed by atoms with van der Waals surface area (Å²) in [6.07, 6.45) is 0. The Balaban J connectivity index is 2.60. The minimum atomic E-state index is -3.67. The number of hydrogen-bond acceptors (Lipinski definition) is 5. The summed E-state index contributed by atoms with van der Waals surface area (Å²) in [6, 6.07) is 4.35. The normalized spacial score (nSPS) is 11.3. The van der Waals surface area contributed by atoms with Crippen molar-refractivity contribution in [3.63, 3.8) is 0 Å². The van der Waals surface area contributed by atoms with Crippen molar-refractivity contribution >= 4 is 31.9 Å². The quantitative estimate of drug-likeness (QED) is 0.660. The summed E-state index contributed by atoms with van der Waals surface area (Å²) >= 11 is 3.20. The Morgan fingerprint density at radius 1 is 1.45 bits per heavy atom. The first-order valence-corrected chi connectivity index (χ1v) is 7.77. The van der Waals surface area contributed by atoms with E-state index in [2.05, 4.69) is 20.7 Å².